The third-order valence-electron chi connectivity index (χ3n) is 6.43. The Balaban J connectivity index is 1.72. The molecule has 1 N–H and O–H groups in total. The Morgan fingerprint density at radius 2 is 1.88 bits per heavy atom. The average Bonchev–Trinajstić information content (AvgIpc) is 3.42. The normalized spacial score (nSPS) is 16.4. The second kappa shape index (κ2) is 10.7. The van der Waals surface area contributed by atoms with Gasteiger partial charge in [0.05, 0.1) is 33.6 Å². The van der Waals surface area contributed by atoms with E-state index < -0.39 is 0 Å². The third kappa shape index (κ3) is 4.89. The lowest BCUT2D eigenvalue weighted by atomic mass is 9.86. The zero-order chi connectivity index (χ0) is 24.1. The first-order valence-corrected chi connectivity index (χ1v) is 11.5. The number of carbonyl (C=O) groups excluding carboxylic acids is 1. The lowest BCUT2D eigenvalue weighted by Gasteiger charge is -2.42. The topological polar surface area (TPSA) is 73.2 Å². The smallest absolute Gasteiger partial charge is 0.287 e. The molecule has 1 aliphatic rings. The number of benzene rings is 2. The van der Waals surface area contributed by atoms with Gasteiger partial charge in [0, 0.05) is 19.1 Å². The minimum Gasteiger partial charge on any atom is -0.497 e. The molecule has 34 heavy (non-hydrogen) atoms. The number of nitrogens with one attached hydrogen (secondary N) is 1. The average molecular weight is 465 g/mol. The van der Waals surface area contributed by atoms with Gasteiger partial charge in [-0.25, -0.2) is 0 Å². The van der Waals surface area contributed by atoms with Crippen molar-refractivity contribution in [3.63, 3.8) is 0 Å². The Kier molecular flexibility index (Phi) is 7.43. The van der Waals surface area contributed by atoms with Crippen molar-refractivity contribution in [3.8, 4) is 17.2 Å². The number of fused-ring (bicyclic) bond motifs is 1. The van der Waals surface area contributed by atoms with E-state index in [0.29, 0.717) is 17.3 Å². The summed E-state index contributed by atoms with van der Waals surface area (Å²) in [6.45, 7) is 3.66. The number of methoxy groups -OCH3 is 3. The second-order valence-corrected chi connectivity index (χ2v) is 8.39. The van der Waals surface area contributed by atoms with Crippen LogP contribution in [0.5, 0.6) is 17.2 Å². The second-order valence-electron chi connectivity index (χ2n) is 8.39. The number of amides is 1. The standard InChI is InChI=1S/C27H32N2O5/c1-5-22(28-27(30)23-10-7-13-34-23)26-21-16-25(33-4)24(32-3)15-19(21)11-12-29(26)17-18-8-6-9-20(14-18)31-2/h6-10,13-16,22,26H,5,11-12,17H2,1-4H3,(H,28,30). The van der Waals surface area contributed by atoms with Crippen molar-refractivity contribution in [2.45, 2.75) is 38.4 Å². The molecule has 7 nitrogen and oxygen atoms in total. The number of ether oxygens (including phenoxy) is 3. The van der Waals surface area contributed by atoms with Gasteiger partial charge < -0.3 is 23.9 Å². The van der Waals surface area contributed by atoms with E-state index in [4.69, 9.17) is 18.6 Å². The molecular formula is C27H32N2O5. The number of rotatable bonds is 9. The summed E-state index contributed by atoms with van der Waals surface area (Å²) in [5.74, 6) is 2.32. The molecule has 4 rings (SSSR count). The van der Waals surface area contributed by atoms with Gasteiger partial charge in [0.25, 0.3) is 5.91 Å². The summed E-state index contributed by atoms with van der Waals surface area (Å²) in [5.41, 5.74) is 3.49. The highest BCUT2D eigenvalue weighted by Gasteiger charge is 2.35. The minimum atomic E-state index is -0.217. The predicted molar refractivity (Wildman–Crippen MR) is 130 cm³/mol. The monoisotopic (exact) mass is 464 g/mol. The van der Waals surface area contributed by atoms with E-state index in [-0.39, 0.29) is 18.0 Å². The summed E-state index contributed by atoms with van der Waals surface area (Å²) in [7, 11) is 4.97. The lowest BCUT2D eigenvalue weighted by Crippen LogP contribution is -2.48. The van der Waals surface area contributed by atoms with Gasteiger partial charge in [-0.15, -0.1) is 0 Å². The van der Waals surface area contributed by atoms with Crippen LogP contribution in [0.2, 0.25) is 0 Å². The largest absolute Gasteiger partial charge is 0.497 e. The molecule has 1 amide bonds. The van der Waals surface area contributed by atoms with Crippen molar-refractivity contribution in [3.05, 3.63) is 77.2 Å². The molecule has 0 radical (unpaired) electrons. The van der Waals surface area contributed by atoms with Crippen LogP contribution in [0.3, 0.4) is 0 Å². The molecule has 2 aromatic carbocycles. The molecule has 0 fully saturated rings. The van der Waals surface area contributed by atoms with Crippen LogP contribution in [0.1, 0.15) is 46.6 Å². The maximum absolute atomic E-state index is 12.9. The van der Waals surface area contributed by atoms with E-state index in [1.54, 1.807) is 33.5 Å². The van der Waals surface area contributed by atoms with E-state index in [9.17, 15) is 4.79 Å². The molecule has 0 spiro atoms. The van der Waals surface area contributed by atoms with Crippen LogP contribution < -0.4 is 19.5 Å². The molecule has 1 aliphatic heterocycles. The van der Waals surface area contributed by atoms with Gasteiger partial charge in [-0.1, -0.05) is 19.1 Å². The highest BCUT2D eigenvalue weighted by atomic mass is 16.5. The van der Waals surface area contributed by atoms with Crippen LogP contribution in [0.4, 0.5) is 0 Å². The van der Waals surface area contributed by atoms with Crippen LogP contribution >= 0.6 is 0 Å². The molecule has 0 aliphatic carbocycles. The summed E-state index contributed by atoms with van der Waals surface area (Å²) in [4.78, 5) is 15.3. The summed E-state index contributed by atoms with van der Waals surface area (Å²) in [6, 6.07) is 15.4. The SMILES string of the molecule is CCC(NC(=O)c1ccco1)C1c2cc(OC)c(OC)cc2CCN1Cc1cccc(OC)c1. The van der Waals surface area contributed by atoms with Crippen molar-refractivity contribution in [1.29, 1.82) is 0 Å². The predicted octanol–water partition coefficient (Wildman–Crippen LogP) is 4.61. The van der Waals surface area contributed by atoms with E-state index in [2.05, 4.69) is 41.4 Å². The molecule has 0 saturated carbocycles. The highest BCUT2D eigenvalue weighted by Crippen LogP contribution is 2.40. The minimum absolute atomic E-state index is 0.0568. The van der Waals surface area contributed by atoms with Gasteiger partial charge in [0.1, 0.15) is 5.75 Å². The Morgan fingerprint density at radius 3 is 2.56 bits per heavy atom. The first-order valence-electron chi connectivity index (χ1n) is 11.5. The Labute approximate surface area is 200 Å². The summed E-state index contributed by atoms with van der Waals surface area (Å²) >= 11 is 0. The van der Waals surface area contributed by atoms with Crippen LogP contribution in [0.15, 0.2) is 59.2 Å². The summed E-state index contributed by atoms with van der Waals surface area (Å²) < 4.78 is 21.9. The van der Waals surface area contributed by atoms with Gasteiger partial charge in [0.15, 0.2) is 17.3 Å². The molecule has 0 bridgehead atoms. The van der Waals surface area contributed by atoms with Gasteiger partial charge in [-0.2, -0.15) is 0 Å². The first kappa shape index (κ1) is 23.7. The molecule has 2 unspecified atom stereocenters. The fourth-order valence-electron chi connectivity index (χ4n) is 4.73. The fourth-order valence-corrected chi connectivity index (χ4v) is 4.73. The summed E-state index contributed by atoms with van der Waals surface area (Å²) in [5, 5.41) is 3.21. The molecular weight excluding hydrogens is 432 g/mol. The van der Waals surface area contributed by atoms with E-state index in [1.807, 2.05) is 12.1 Å². The first-order chi connectivity index (χ1) is 16.6. The van der Waals surface area contributed by atoms with Crippen molar-refractivity contribution in [1.82, 2.24) is 10.2 Å². The van der Waals surface area contributed by atoms with Crippen LogP contribution in [-0.2, 0) is 13.0 Å². The van der Waals surface area contributed by atoms with Crippen LogP contribution in [0, 0.1) is 0 Å². The van der Waals surface area contributed by atoms with Crippen LogP contribution in [-0.4, -0.2) is 44.7 Å². The van der Waals surface area contributed by atoms with Gasteiger partial charge in [-0.3, -0.25) is 9.69 Å². The zero-order valence-corrected chi connectivity index (χ0v) is 20.2. The molecule has 180 valence electrons. The van der Waals surface area contributed by atoms with Crippen molar-refractivity contribution >= 4 is 5.91 Å². The number of hydrogen-bond acceptors (Lipinski definition) is 6. The van der Waals surface area contributed by atoms with E-state index >= 15 is 0 Å². The zero-order valence-electron chi connectivity index (χ0n) is 20.2. The van der Waals surface area contributed by atoms with Crippen molar-refractivity contribution < 1.29 is 23.4 Å². The van der Waals surface area contributed by atoms with Gasteiger partial charge in [-0.05, 0) is 65.9 Å². The highest BCUT2D eigenvalue weighted by molar-refractivity contribution is 5.91. The molecule has 2 atom stereocenters. The quantitative estimate of drug-likeness (QED) is 0.498. The lowest BCUT2D eigenvalue weighted by molar-refractivity contribution is 0.0833. The molecule has 0 saturated heterocycles. The van der Waals surface area contributed by atoms with E-state index in [1.165, 1.54) is 11.8 Å². The molecule has 7 heteroatoms. The fraction of sp³-hybridized carbons (Fsp3) is 0.370. The van der Waals surface area contributed by atoms with E-state index in [0.717, 1.165) is 42.8 Å². The Bertz CT molecular complexity index is 1110. The molecule has 2 heterocycles. The van der Waals surface area contributed by atoms with Gasteiger partial charge >= 0.3 is 0 Å². The maximum atomic E-state index is 12.9. The summed E-state index contributed by atoms with van der Waals surface area (Å²) in [6.07, 6.45) is 3.14. The maximum Gasteiger partial charge on any atom is 0.287 e. The molecule has 3 aromatic rings. The number of nitrogens with zero attached hydrogens (tertiary/aromatic N) is 1. The van der Waals surface area contributed by atoms with Crippen molar-refractivity contribution in [2.75, 3.05) is 27.9 Å². The van der Waals surface area contributed by atoms with Crippen molar-refractivity contribution in [2.24, 2.45) is 0 Å². The number of hydrogen-bond donors (Lipinski definition) is 1. The molecule has 1 aromatic heterocycles. The van der Waals surface area contributed by atoms with Gasteiger partial charge in [0.2, 0.25) is 0 Å². The number of furan rings is 1. The Morgan fingerprint density at radius 1 is 1.09 bits per heavy atom. The number of carbonyl (C=O) groups is 1. The Hall–Kier alpha value is -3.45. The third-order valence-corrected chi connectivity index (χ3v) is 6.43. The van der Waals surface area contributed by atoms with Crippen LogP contribution in [0.25, 0.3) is 0 Å².